The second-order valence-corrected chi connectivity index (χ2v) is 10.3. The zero-order valence-electron chi connectivity index (χ0n) is 23.7. The van der Waals surface area contributed by atoms with Gasteiger partial charge in [-0.25, -0.2) is 9.97 Å². The molecule has 0 bridgehead atoms. The van der Waals surface area contributed by atoms with Gasteiger partial charge in [0.15, 0.2) is 11.3 Å². The molecule has 2 aliphatic rings. The lowest BCUT2D eigenvalue weighted by molar-refractivity contribution is -0.115. The minimum Gasteiger partial charge on any atom is -0.385 e. The van der Waals surface area contributed by atoms with Gasteiger partial charge in [0.1, 0.15) is 23.3 Å². The van der Waals surface area contributed by atoms with Crippen molar-refractivity contribution in [1.82, 2.24) is 18.8 Å². The number of carbonyl (C=O) groups excluding carboxylic acids is 2. The van der Waals surface area contributed by atoms with E-state index in [4.69, 9.17) is 22.9 Å². The lowest BCUT2D eigenvalue weighted by atomic mass is 10.3. The van der Waals surface area contributed by atoms with Gasteiger partial charge in [-0.2, -0.15) is 27.0 Å². The normalized spacial score (nSPS) is 17.4. The summed E-state index contributed by atoms with van der Waals surface area (Å²) in [6.07, 6.45) is 5.49. The molecular weight excluding hydrogens is 589 g/mol. The number of nitrogens with one attached hydrogen (secondary N) is 2. The van der Waals surface area contributed by atoms with Gasteiger partial charge in [0.2, 0.25) is 11.8 Å². The van der Waals surface area contributed by atoms with Gasteiger partial charge in [-0.1, -0.05) is 7.43 Å². The Kier molecular flexibility index (Phi) is 12.0. The van der Waals surface area contributed by atoms with Crippen molar-refractivity contribution in [3.05, 3.63) is 36.7 Å². The highest BCUT2D eigenvalue weighted by molar-refractivity contribution is 7.59. The number of nitrogens with two attached hydrogens (primary N) is 4. The number of amides is 2. The van der Waals surface area contributed by atoms with Crippen LogP contribution in [-0.4, -0.2) is 68.8 Å². The predicted octanol–water partition coefficient (Wildman–Crippen LogP) is 1.69. The largest absolute Gasteiger partial charge is 0.385 e. The van der Waals surface area contributed by atoms with E-state index in [1.807, 2.05) is 12.1 Å². The average Bonchev–Trinajstić information content (AvgIpc) is 3.68. The third kappa shape index (κ3) is 7.76. The maximum atomic E-state index is 11.2. The maximum absolute atomic E-state index is 11.2. The maximum Gasteiger partial charge on any atom is 0.221 e. The number of hydrogen-bond donors (Lipinski definition) is 6. The summed E-state index contributed by atoms with van der Waals surface area (Å²) in [7, 11) is 0. The predicted molar refractivity (Wildman–Crippen MR) is 185 cm³/mol. The molecule has 0 unspecified atom stereocenters. The van der Waals surface area contributed by atoms with Gasteiger partial charge in [0, 0.05) is 76.6 Å². The topological polar surface area (TPSA) is 203 Å². The highest BCUT2D eigenvalue weighted by Crippen LogP contribution is 2.27. The van der Waals surface area contributed by atoms with E-state index < -0.39 is 0 Å². The number of fused-ring (bicyclic) bond motifs is 2. The summed E-state index contributed by atoms with van der Waals surface area (Å²) < 4.78 is 3.51. The van der Waals surface area contributed by atoms with Crippen molar-refractivity contribution >= 4 is 84.7 Å². The van der Waals surface area contributed by atoms with Crippen molar-refractivity contribution < 1.29 is 9.59 Å². The fourth-order valence-electron chi connectivity index (χ4n) is 5.07. The van der Waals surface area contributed by atoms with E-state index in [0.717, 1.165) is 50.7 Å². The van der Waals surface area contributed by atoms with Crippen LogP contribution in [0.2, 0.25) is 0 Å². The summed E-state index contributed by atoms with van der Waals surface area (Å²) in [5, 5.41) is 5.52. The Labute approximate surface area is 265 Å². The van der Waals surface area contributed by atoms with Crippen molar-refractivity contribution in [2.75, 3.05) is 58.1 Å². The van der Waals surface area contributed by atoms with Crippen molar-refractivity contribution in [2.24, 2.45) is 11.5 Å². The molecule has 10 N–H and O–H groups in total. The SMILES string of the molecule is C.CC(=O)Nc1ccn2c(N)cc(N3CC[C@H](N)C3)nc12.CC(=O)Nc1ccn2c(N)cc(N3CC[C@H](N)C3)nc12.S.S. The molecule has 16 heteroatoms. The molecule has 2 fully saturated rings. The van der Waals surface area contributed by atoms with E-state index in [1.54, 1.807) is 33.3 Å². The van der Waals surface area contributed by atoms with Gasteiger partial charge in [-0.15, -0.1) is 0 Å². The van der Waals surface area contributed by atoms with Crippen LogP contribution in [0, 0.1) is 0 Å². The van der Waals surface area contributed by atoms with Gasteiger partial charge in [0.25, 0.3) is 0 Å². The summed E-state index contributed by atoms with van der Waals surface area (Å²) >= 11 is 0. The molecular formula is C27H44N12O2S2. The first-order valence-electron chi connectivity index (χ1n) is 13.2. The summed E-state index contributed by atoms with van der Waals surface area (Å²) in [5.41, 5.74) is 26.6. The molecule has 0 aliphatic carbocycles. The smallest absolute Gasteiger partial charge is 0.221 e. The van der Waals surface area contributed by atoms with Crippen LogP contribution in [0.1, 0.15) is 34.1 Å². The van der Waals surface area contributed by atoms with E-state index in [1.165, 1.54) is 13.8 Å². The lowest BCUT2D eigenvalue weighted by Gasteiger charge is -2.18. The van der Waals surface area contributed by atoms with Gasteiger partial charge in [-0.05, 0) is 25.0 Å². The molecule has 0 radical (unpaired) electrons. The monoisotopic (exact) mass is 632 g/mol. The van der Waals surface area contributed by atoms with Crippen molar-refractivity contribution in [3.8, 4) is 0 Å². The first kappa shape index (κ1) is 35.3. The fraction of sp³-hybridized carbons (Fsp3) is 0.407. The van der Waals surface area contributed by atoms with Crippen LogP contribution in [0.4, 0.5) is 34.6 Å². The van der Waals surface area contributed by atoms with Crippen LogP contribution in [0.15, 0.2) is 36.7 Å². The number of carbonyl (C=O) groups is 2. The summed E-state index contributed by atoms with van der Waals surface area (Å²) in [6.45, 7) is 6.24. The minimum absolute atomic E-state index is 0. The quantitative estimate of drug-likeness (QED) is 0.192. The third-order valence-corrected chi connectivity index (χ3v) is 6.99. The van der Waals surface area contributed by atoms with Crippen LogP contribution in [0.3, 0.4) is 0 Å². The number of nitrogens with zero attached hydrogens (tertiary/aromatic N) is 6. The lowest BCUT2D eigenvalue weighted by Crippen LogP contribution is -2.27. The second kappa shape index (κ2) is 14.5. The average molecular weight is 633 g/mol. The number of rotatable bonds is 4. The molecule has 2 aliphatic heterocycles. The Morgan fingerprint density at radius 3 is 1.44 bits per heavy atom. The molecule has 0 saturated carbocycles. The Balaban J connectivity index is 0.000000281. The van der Waals surface area contributed by atoms with Crippen LogP contribution in [-0.2, 0) is 9.59 Å². The molecule has 14 nitrogen and oxygen atoms in total. The Morgan fingerprint density at radius 2 is 1.14 bits per heavy atom. The molecule has 2 saturated heterocycles. The van der Waals surface area contributed by atoms with Gasteiger partial charge in [0.05, 0.1) is 11.4 Å². The van der Waals surface area contributed by atoms with Crippen LogP contribution in [0.25, 0.3) is 11.3 Å². The highest BCUT2D eigenvalue weighted by atomic mass is 32.1. The zero-order chi connectivity index (χ0) is 28.6. The second-order valence-electron chi connectivity index (χ2n) is 10.3. The minimum atomic E-state index is -0.132. The molecule has 2 amide bonds. The molecule has 43 heavy (non-hydrogen) atoms. The van der Waals surface area contributed by atoms with E-state index >= 15 is 0 Å². The van der Waals surface area contributed by atoms with Crippen molar-refractivity contribution in [3.63, 3.8) is 0 Å². The highest BCUT2D eigenvalue weighted by Gasteiger charge is 2.23. The first-order valence-corrected chi connectivity index (χ1v) is 13.2. The number of nitrogen functional groups attached to an aromatic ring is 2. The number of hydrogen-bond acceptors (Lipinski definition) is 10. The Bertz CT molecular complexity index is 1460. The van der Waals surface area contributed by atoms with Crippen molar-refractivity contribution in [2.45, 2.75) is 46.2 Å². The Morgan fingerprint density at radius 1 is 0.767 bits per heavy atom. The van der Waals surface area contributed by atoms with E-state index in [0.29, 0.717) is 34.3 Å². The van der Waals surface area contributed by atoms with Crippen molar-refractivity contribution in [1.29, 1.82) is 0 Å². The molecule has 4 aromatic heterocycles. The summed E-state index contributed by atoms with van der Waals surface area (Å²) in [6, 6.07) is 7.61. The third-order valence-electron chi connectivity index (χ3n) is 6.99. The number of anilines is 6. The van der Waals surface area contributed by atoms with Crippen LogP contribution in [0.5, 0.6) is 0 Å². The molecule has 6 heterocycles. The summed E-state index contributed by atoms with van der Waals surface area (Å²) in [5.74, 6) is 2.50. The number of aromatic nitrogens is 4. The molecule has 2 atom stereocenters. The van der Waals surface area contributed by atoms with E-state index in [-0.39, 0.29) is 58.3 Å². The molecule has 6 rings (SSSR count). The Hall–Kier alpha value is -3.86. The van der Waals surface area contributed by atoms with Crippen LogP contribution >= 0.6 is 27.0 Å². The first-order chi connectivity index (χ1) is 19.1. The van der Waals surface area contributed by atoms with Gasteiger partial charge in [-0.3, -0.25) is 18.4 Å². The van der Waals surface area contributed by atoms with Gasteiger partial charge >= 0.3 is 0 Å². The molecule has 0 spiro atoms. The summed E-state index contributed by atoms with van der Waals surface area (Å²) in [4.78, 5) is 35.9. The molecule has 4 aromatic rings. The van der Waals surface area contributed by atoms with Gasteiger partial charge < -0.3 is 43.4 Å². The molecule has 236 valence electrons. The van der Waals surface area contributed by atoms with E-state index in [9.17, 15) is 9.59 Å². The molecule has 0 aromatic carbocycles. The fourth-order valence-corrected chi connectivity index (χ4v) is 5.07. The van der Waals surface area contributed by atoms with Crippen LogP contribution < -0.4 is 43.4 Å². The van der Waals surface area contributed by atoms with E-state index in [2.05, 4.69) is 30.4 Å². The zero-order valence-corrected chi connectivity index (χ0v) is 25.7. The standard InChI is InChI=1S/2C13H18N6O.CH4.2H2S/c2*1-8(20)16-10-3-5-19-11(15)6-12(17-13(10)19)18-4-2-9(14)7-18;;;/h2*3,5-6,9H,2,4,7,14-15H2,1H3,(H,16,20);1H4;2*1H2/t2*9-;;;/m00.../s1.